The van der Waals surface area contributed by atoms with E-state index in [9.17, 15) is 5.11 Å². The van der Waals surface area contributed by atoms with Crippen LogP contribution >= 0.6 is 0 Å². The highest BCUT2D eigenvalue weighted by Crippen LogP contribution is 2.33. The van der Waals surface area contributed by atoms with Crippen LogP contribution in [-0.2, 0) is 6.42 Å². The van der Waals surface area contributed by atoms with Crippen LogP contribution in [0, 0.1) is 6.92 Å². The van der Waals surface area contributed by atoms with E-state index >= 15 is 0 Å². The molecule has 1 aliphatic carbocycles. The topological polar surface area (TPSA) is 32.3 Å². The van der Waals surface area contributed by atoms with Crippen molar-refractivity contribution in [3.8, 4) is 5.75 Å². The third kappa shape index (κ3) is 3.11. The Morgan fingerprint density at radius 3 is 2.67 bits per heavy atom. The molecule has 2 atom stereocenters. The van der Waals surface area contributed by atoms with Gasteiger partial charge in [0.25, 0.3) is 0 Å². The van der Waals surface area contributed by atoms with Crippen LogP contribution in [-0.4, -0.2) is 5.11 Å². The van der Waals surface area contributed by atoms with Crippen molar-refractivity contribution < 1.29 is 5.11 Å². The minimum Gasteiger partial charge on any atom is -0.508 e. The highest BCUT2D eigenvalue weighted by molar-refractivity contribution is 5.38. The zero-order chi connectivity index (χ0) is 14.8. The number of hydrogen-bond acceptors (Lipinski definition) is 2. The lowest BCUT2D eigenvalue weighted by Crippen LogP contribution is -2.27. The number of aromatic hydroxyl groups is 1. The van der Waals surface area contributed by atoms with Crippen molar-refractivity contribution in [2.45, 2.75) is 45.2 Å². The van der Waals surface area contributed by atoms with Gasteiger partial charge in [0, 0.05) is 12.1 Å². The lowest BCUT2D eigenvalue weighted by molar-refractivity contribution is 0.411. The number of phenols is 1. The average Bonchev–Trinajstić information content (AvgIpc) is 2.48. The smallest absolute Gasteiger partial charge is 0.115 e. The minimum absolute atomic E-state index is 0.309. The molecule has 0 saturated carbocycles. The van der Waals surface area contributed by atoms with Gasteiger partial charge in [0.1, 0.15) is 5.75 Å². The molecular weight excluding hydrogens is 258 g/mol. The molecule has 21 heavy (non-hydrogen) atoms. The van der Waals surface area contributed by atoms with E-state index in [1.165, 1.54) is 28.7 Å². The van der Waals surface area contributed by atoms with Crippen molar-refractivity contribution in [3.63, 3.8) is 0 Å². The standard InChI is InChI=1S/C19H23NO/c1-13-6-8-15(9-7-13)14(2)20-19-5-3-4-16-10-11-17(21)12-18(16)19/h6-12,14,19-21H,3-5H2,1-2H3. The number of fused-ring (bicyclic) bond motifs is 1. The van der Waals surface area contributed by atoms with Crippen LogP contribution in [0.1, 0.15) is 54.1 Å². The quantitative estimate of drug-likeness (QED) is 0.872. The van der Waals surface area contributed by atoms with Crippen LogP contribution in [0.15, 0.2) is 42.5 Å². The van der Waals surface area contributed by atoms with Crippen LogP contribution in [0.3, 0.4) is 0 Å². The molecule has 0 heterocycles. The zero-order valence-electron chi connectivity index (χ0n) is 12.8. The van der Waals surface area contributed by atoms with E-state index in [4.69, 9.17) is 0 Å². The molecule has 0 fully saturated rings. The number of nitrogens with one attached hydrogen (secondary N) is 1. The van der Waals surface area contributed by atoms with Gasteiger partial charge in [-0.25, -0.2) is 0 Å². The minimum atomic E-state index is 0.309. The van der Waals surface area contributed by atoms with Gasteiger partial charge in [0.15, 0.2) is 0 Å². The van der Waals surface area contributed by atoms with E-state index in [0.717, 1.165) is 12.8 Å². The molecular formula is C19H23NO. The molecule has 0 aromatic heterocycles. The molecule has 0 saturated heterocycles. The maximum Gasteiger partial charge on any atom is 0.115 e. The van der Waals surface area contributed by atoms with E-state index in [0.29, 0.717) is 17.8 Å². The van der Waals surface area contributed by atoms with E-state index in [-0.39, 0.29) is 0 Å². The number of rotatable bonds is 3. The lowest BCUT2D eigenvalue weighted by Gasteiger charge is -2.29. The van der Waals surface area contributed by atoms with E-state index < -0.39 is 0 Å². The second-order valence-corrected chi connectivity index (χ2v) is 6.13. The highest BCUT2D eigenvalue weighted by atomic mass is 16.3. The molecule has 110 valence electrons. The summed E-state index contributed by atoms with van der Waals surface area (Å²) in [6.07, 6.45) is 3.45. The largest absolute Gasteiger partial charge is 0.508 e. The van der Waals surface area contributed by atoms with Gasteiger partial charge in [-0.3, -0.25) is 0 Å². The fraction of sp³-hybridized carbons (Fsp3) is 0.368. The summed E-state index contributed by atoms with van der Waals surface area (Å²) in [4.78, 5) is 0. The molecule has 0 spiro atoms. The molecule has 2 aromatic rings. The van der Waals surface area contributed by atoms with Gasteiger partial charge in [-0.05, 0) is 61.9 Å². The Kier molecular flexibility index (Phi) is 3.98. The Morgan fingerprint density at radius 1 is 1.14 bits per heavy atom. The Bertz CT molecular complexity index is 618. The number of aryl methyl sites for hydroxylation is 2. The molecule has 2 N–H and O–H groups in total. The third-order valence-corrected chi connectivity index (χ3v) is 4.47. The van der Waals surface area contributed by atoms with Crippen molar-refractivity contribution >= 4 is 0 Å². The lowest BCUT2D eigenvalue weighted by atomic mass is 9.87. The van der Waals surface area contributed by atoms with Gasteiger partial charge in [-0.15, -0.1) is 0 Å². The second-order valence-electron chi connectivity index (χ2n) is 6.13. The first kappa shape index (κ1) is 14.2. The molecule has 2 nitrogen and oxygen atoms in total. The summed E-state index contributed by atoms with van der Waals surface area (Å²) in [7, 11) is 0. The number of benzene rings is 2. The zero-order valence-corrected chi connectivity index (χ0v) is 12.8. The van der Waals surface area contributed by atoms with Gasteiger partial charge in [-0.1, -0.05) is 35.9 Å². The Morgan fingerprint density at radius 2 is 1.90 bits per heavy atom. The molecule has 2 aromatic carbocycles. The van der Waals surface area contributed by atoms with E-state index in [1.54, 1.807) is 6.07 Å². The maximum absolute atomic E-state index is 9.76. The normalized spacial score (nSPS) is 19.0. The maximum atomic E-state index is 9.76. The predicted molar refractivity (Wildman–Crippen MR) is 86.5 cm³/mol. The van der Waals surface area contributed by atoms with Crippen LogP contribution in [0.2, 0.25) is 0 Å². The Hall–Kier alpha value is -1.80. The molecule has 2 heteroatoms. The molecule has 0 radical (unpaired) electrons. The van der Waals surface area contributed by atoms with Crippen molar-refractivity contribution in [2.24, 2.45) is 0 Å². The van der Waals surface area contributed by atoms with E-state index in [2.05, 4.69) is 49.5 Å². The number of hydrogen-bond donors (Lipinski definition) is 2. The summed E-state index contributed by atoms with van der Waals surface area (Å²) in [6.45, 7) is 4.32. The van der Waals surface area contributed by atoms with Gasteiger partial charge in [0.2, 0.25) is 0 Å². The fourth-order valence-electron chi connectivity index (χ4n) is 3.21. The number of phenolic OH excluding ortho intramolecular Hbond substituents is 1. The van der Waals surface area contributed by atoms with Crippen molar-refractivity contribution in [1.82, 2.24) is 5.32 Å². The monoisotopic (exact) mass is 281 g/mol. The second kappa shape index (κ2) is 5.90. The summed E-state index contributed by atoms with van der Waals surface area (Å²) in [5, 5.41) is 13.5. The molecule has 3 rings (SSSR count). The molecule has 0 aliphatic heterocycles. The first-order chi connectivity index (χ1) is 10.1. The van der Waals surface area contributed by atoms with Gasteiger partial charge >= 0.3 is 0 Å². The highest BCUT2D eigenvalue weighted by Gasteiger charge is 2.22. The van der Waals surface area contributed by atoms with Crippen LogP contribution in [0.4, 0.5) is 0 Å². The predicted octanol–water partition coefficient (Wildman–Crippen LogP) is 4.43. The van der Waals surface area contributed by atoms with Gasteiger partial charge in [-0.2, -0.15) is 0 Å². The molecule has 0 amide bonds. The molecule has 2 unspecified atom stereocenters. The van der Waals surface area contributed by atoms with Crippen LogP contribution < -0.4 is 5.32 Å². The summed E-state index contributed by atoms with van der Waals surface area (Å²) in [5.41, 5.74) is 5.24. The SMILES string of the molecule is Cc1ccc(C(C)NC2CCCc3ccc(O)cc32)cc1. The Balaban J connectivity index is 1.80. The summed E-state index contributed by atoms with van der Waals surface area (Å²) >= 11 is 0. The Labute approximate surface area is 126 Å². The third-order valence-electron chi connectivity index (χ3n) is 4.47. The fourth-order valence-corrected chi connectivity index (χ4v) is 3.21. The van der Waals surface area contributed by atoms with Crippen molar-refractivity contribution in [1.29, 1.82) is 0 Å². The van der Waals surface area contributed by atoms with E-state index in [1.807, 2.05) is 6.07 Å². The first-order valence-electron chi connectivity index (χ1n) is 7.78. The van der Waals surface area contributed by atoms with Crippen LogP contribution in [0.25, 0.3) is 0 Å². The molecule has 0 bridgehead atoms. The van der Waals surface area contributed by atoms with Crippen molar-refractivity contribution in [2.75, 3.05) is 0 Å². The van der Waals surface area contributed by atoms with Crippen LogP contribution in [0.5, 0.6) is 5.75 Å². The molecule has 1 aliphatic rings. The summed E-state index contributed by atoms with van der Waals surface area (Å²) < 4.78 is 0. The first-order valence-corrected chi connectivity index (χ1v) is 7.78. The van der Waals surface area contributed by atoms with Crippen molar-refractivity contribution in [3.05, 3.63) is 64.7 Å². The van der Waals surface area contributed by atoms with Gasteiger partial charge < -0.3 is 10.4 Å². The average molecular weight is 281 g/mol. The summed E-state index contributed by atoms with van der Waals surface area (Å²) in [6, 6.07) is 15.1. The van der Waals surface area contributed by atoms with Gasteiger partial charge in [0.05, 0.1) is 0 Å². The summed E-state index contributed by atoms with van der Waals surface area (Å²) in [5.74, 6) is 0.366.